The van der Waals surface area contributed by atoms with Crippen LogP contribution in [0.3, 0.4) is 0 Å². The fourth-order valence-corrected chi connectivity index (χ4v) is 2.03. The first-order chi connectivity index (χ1) is 8.57. The molecule has 3 nitrogen and oxygen atoms in total. The van der Waals surface area contributed by atoms with Crippen LogP contribution in [-0.2, 0) is 6.18 Å². The molecule has 0 unspecified atom stereocenters. The van der Waals surface area contributed by atoms with Crippen LogP contribution in [0.1, 0.15) is 5.56 Å². The highest BCUT2D eigenvalue weighted by molar-refractivity contribution is 5.90. The molecule has 2 aromatic heterocycles. The number of para-hydroxylation sites is 1. The van der Waals surface area contributed by atoms with Gasteiger partial charge in [0.15, 0.2) is 0 Å². The van der Waals surface area contributed by atoms with E-state index in [1.54, 1.807) is 18.2 Å². The van der Waals surface area contributed by atoms with Crippen molar-refractivity contribution in [3.8, 4) is 11.4 Å². The zero-order valence-corrected chi connectivity index (χ0v) is 9.05. The molecule has 2 N–H and O–H groups in total. The van der Waals surface area contributed by atoms with E-state index in [0.29, 0.717) is 11.2 Å². The van der Waals surface area contributed by atoms with Crippen LogP contribution in [0, 0.1) is 0 Å². The molecular weight excluding hydrogens is 243 g/mol. The summed E-state index contributed by atoms with van der Waals surface area (Å²) in [5, 5.41) is 6.39. The number of aromatic amines is 2. The predicted molar refractivity (Wildman–Crippen MR) is 60.9 cm³/mol. The largest absolute Gasteiger partial charge is 0.419 e. The third-order valence-corrected chi connectivity index (χ3v) is 2.76. The van der Waals surface area contributed by atoms with Crippen LogP contribution in [0.2, 0.25) is 0 Å². The van der Waals surface area contributed by atoms with Gasteiger partial charge in [-0.3, -0.25) is 5.10 Å². The van der Waals surface area contributed by atoms with Crippen molar-refractivity contribution in [1.82, 2.24) is 15.2 Å². The molecule has 0 saturated carbocycles. The zero-order valence-electron chi connectivity index (χ0n) is 9.05. The van der Waals surface area contributed by atoms with Crippen molar-refractivity contribution in [3.05, 3.63) is 42.1 Å². The van der Waals surface area contributed by atoms with Gasteiger partial charge < -0.3 is 4.98 Å². The first-order valence-corrected chi connectivity index (χ1v) is 5.25. The fraction of sp³-hybridized carbons (Fsp3) is 0.0833. The highest BCUT2D eigenvalue weighted by Gasteiger charge is 2.37. The number of aromatic nitrogens is 3. The molecule has 0 spiro atoms. The van der Waals surface area contributed by atoms with Crippen LogP contribution in [-0.4, -0.2) is 15.2 Å². The minimum Gasteiger partial charge on any atom is -0.353 e. The molecule has 0 radical (unpaired) electrons. The molecule has 18 heavy (non-hydrogen) atoms. The number of hydrogen-bond donors (Lipinski definition) is 2. The minimum atomic E-state index is -4.42. The quantitative estimate of drug-likeness (QED) is 0.682. The average molecular weight is 251 g/mol. The van der Waals surface area contributed by atoms with Crippen LogP contribution in [0.25, 0.3) is 22.3 Å². The van der Waals surface area contributed by atoms with E-state index in [1.807, 2.05) is 0 Å². The van der Waals surface area contributed by atoms with Gasteiger partial charge in [0.25, 0.3) is 0 Å². The van der Waals surface area contributed by atoms with Crippen LogP contribution in [0.5, 0.6) is 0 Å². The van der Waals surface area contributed by atoms with Crippen LogP contribution >= 0.6 is 0 Å². The Balaban J connectivity index is 2.38. The summed E-state index contributed by atoms with van der Waals surface area (Å²) in [6, 6.07) is 7.84. The molecule has 0 aliphatic carbocycles. The number of hydrogen-bond acceptors (Lipinski definition) is 1. The fourth-order valence-electron chi connectivity index (χ4n) is 2.03. The Labute approximate surface area is 99.6 Å². The second-order valence-corrected chi connectivity index (χ2v) is 3.89. The van der Waals surface area contributed by atoms with Crippen molar-refractivity contribution in [2.24, 2.45) is 0 Å². The third-order valence-electron chi connectivity index (χ3n) is 2.76. The Morgan fingerprint density at radius 1 is 1.06 bits per heavy atom. The average Bonchev–Trinajstić information content (AvgIpc) is 2.94. The Kier molecular flexibility index (Phi) is 2.19. The van der Waals surface area contributed by atoms with Crippen molar-refractivity contribution in [2.45, 2.75) is 6.18 Å². The molecule has 0 aliphatic heterocycles. The van der Waals surface area contributed by atoms with E-state index in [4.69, 9.17) is 0 Å². The van der Waals surface area contributed by atoms with E-state index < -0.39 is 11.7 Å². The highest BCUT2D eigenvalue weighted by atomic mass is 19.4. The van der Waals surface area contributed by atoms with Gasteiger partial charge in [-0.2, -0.15) is 18.3 Å². The number of nitrogens with one attached hydrogen (secondary N) is 2. The molecule has 92 valence electrons. The highest BCUT2D eigenvalue weighted by Crippen LogP contribution is 2.41. The molecule has 3 aromatic rings. The normalized spacial score (nSPS) is 12.2. The Morgan fingerprint density at radius 2 is 1.83 bits per heavy atom. The van der Waals surface area contributed by atoms with Gasteiger partial charge >= 0.3 is 6.18 Å². The van der Waals surface area contributed by atoms with Gasteiger partial charge in [0.1, 0.15) is 0 Å². The van der Waals surface area contributed by atoms with Gasteiger partial charge in [-0.25, -0.2) is 0 Å². The van der Waals surface area contributed by atoms with E-state index >= 15 is 0 Å². The van der Waals surface area contributed by atoms with Gasteiger partial charge in [0.05, 0.1) is 17.0 Å². The lowest BCUT2D eigenvalue weighted by molar-refractivity contribution is -0.135. The summed E-state index contributed by atoms with van der Waals surface area (Å²) in [6.45, 7) is 0. The van der Waals surface area contributed by atoms with Gasteiger partial charge in [-0.15, -0.1) is 0 Å². The number of H-pyrrole nitrogens is 2. The first-order valence-electron chi connectivity index (χ1n) is 5.25. The van der Waals surface area contributed by atoms with Gasteiger partial charge in [0.2, 0.25) is 0 Å². The van der Waals surface area contributed by atoms with E-state index in [1.165, 1.54) is 18.3 Å². The molecule has 0 atom stereocenters. The van der Waals surface area contributed by atoms with Crippen molar-refractivity contribution < 1.29 is 13.2 Å². The first kappa shape index (κ1) is 10.9. The topological polar surface area (TPSA) is 44.5 Å². The van der Waals surface area contributed by atoms with E-state index in [9.17, 15) is 13.2 Å². The summed E-state index contributed by atoms with van der Waals surface area (Å²) in [5.74, 6) is 0. The van der Waals surface area contributed by atoms with Crippen molar-refractivity contribution in [1.29, 1.82) is 0 Å². The number of rotatable bonds is 1. The summed E-state index contributed by atoms with van der Waals surface area (Å²) in [5.41, 5.74) is 0.122. The lowest BCUT2D eigenvalue weighted by Crippen LogP contribution is -2.06. The Morgan fingerprint density at radius 3 is 2.50 bits per heavy atom. The molecule has 2 heterocycles. The molecule has 0 amide bonds. The van der Waals surface area contributed by atoms with Crippen LogP contribution in [0.15, 0.2) is 36.5 Å². The summed E-state index contributed by atoms with van der Waals surface area (Å²) < 4.78 is 39.4. The minimum absolute atomic E-state index is 0.0150. The van der Waals surface area contributed by atoms with Crippen molar-refractivity contribution >= 4 is 10.9 Å². The monoisotopic (exact) mass is 251 g/mol. The predicted octanol–water partition coefficient (Wildman–Crippen LogP) is 3.58. The molecule has 0 aliphatic rings. The number of fused-ring (bicyclic) bond motifs is 1. The number of alkyl halides is 3. The number of halogens is 3. The molecule has 3 rings (SSSR count). The molecule has 0 bridgehead atoms. The maximum atomic E-state index is 13.1. The van der Waals surface area contributed by atoms with Crippen molar-refractivity contribution in [2.75, 3.05) is 0 Å². The van der Waals surface area contributed by atoms with E-state index in [0.717, 1.165) is 0 Å². The van der Waals surface area contributed by atoms with E-state index in [2.05, 4.69) is 15.2 Å². The molecule has 0 saturated heterocycles. The Hall–Kier alpha value is -2.24. The van der Waals surface area contributed by atoms with Gasteiger partial charge in [-0.1, -0.05) is 18.2 Å². The van der Waals surface area contributed by atoms with Crippen LogP contribution < -0.4 is 0 Å². The summed E-state index contributed by atoms with van der Waals surface area (Å²) in [4.78, 5) is 2.78. The lowest BCUT2D eigenvalue weighted by atomic mass is 10.1. The Bertz CT molecular complexity index is 680. The third kappa shape index (κ3) is 1.57. The molecule has 0 fully saturated rings. The second-order valence-electron chi connectivity index (χ2n) is 3.89. The summed E-state index contributed by atoms with van der Waals surface area (Å²) in [7, 11) is 0. The summed E-state index contributed by atoms with van der Waals surface area (Å²) in [6.07, 6.45) is -3.00. The van der Waals surface area contributed by atoms with E-state index in [-0.39, 0.29) is 11.1 Å². The maximum Gasteiger partial charge on any atom is 0.419 e. The SMILES string of the molecule is FC(F)(F)c1c(-c2ccn[nH]2)[nH]c2ccccc12. The number of nitrogens with zero attached hydrogens (tertiary/aromatic N) is 1. The second kappa shape index (κ2) is 3.63. The van der Waals surface area contributed by atoms with Gasteiger partial charge in [0, 0.05) is 17.1 Å². The standard InChI is InChI=1S/C12H8F3N3/c13-12(14,15)10-7-3-1-2-4-8(7)17-11(10)9-5-6-16-18-9/h1-6,17H,(H,16,18). The lowest BCUT2D eigenvalue weighted by Gasteiger charge is -2.07. The van der Waals surface area contributed by atoms with Crippen molar-refractivity contribution in [3.63, 3.8) is 0 Å². The molecular formula is C12H8F3N3. The zero-order chi connectivity index (χ0) is 12.8. The molecule has 6 heteroatoms. The summed E-state index contributed by atoms with van der Waals surface area (Å²) >= 11 is 0. The number of benzene rings is 1. The van der Waals surface area contributed by atoms with Gasteiger partial charge in [-0.05, 0) is 12.1 Å². The maximum absolute atomic E-state index is 13.1. The smallest absolute Gasteiger partial charge is 0.353 e. The molecule has 1 aromatic carbocycles. The van der Waals surface area contributed by atoms with Crippen LogP contribution in [0.4, 0.5) is 13.2 Å².